The van der Waals surface area contributed by atoms with Gasteiger partial charge in [0.1, 0.15) is 0 Å². The van der Waals surface area contributed by atoms with Crippen LogP contribution in [0.2, 0.25) is 0 Å². The van der Waals surface area contributed by atoms with Crippen molar-refractivity contribution in [1.29, 1.82) is 0 Å². The fraction of sp³-hybridized carbons (Fsp3) is 0.333. The lowest BCUT2D eigenvalue weighted by Crippen LogP contribution is -2.36. The van der Waals surface area contributed by atoms with E-state index in [9.17, 15) is 4.79 Å². The molecule has 5 nitrogen and oxygen atoms in total. The maximum atomic E-state index is 12.0. The molecule has 2 aromatic rings. The summed E-state index contributed by atoms with van der Waals surface area (Å²) in [6.07, 6.45) is 2.75. The maximum absolute atomic E-state index is 12.0. The topological polar surface area (TPSA) is 56.7 Å². The standard InChI is InChI=1S/C21H26N4O/c1-22-21(23-15-17-7-3-2-4-8-17)24-16-18-10-12-19(13-11-18)25-14-6-5-9-20(25)26/h2-4,7-8,10-13H,5-6,9,14-16H2,1H3,(H2,22,23,24). The van der Waals surface area contributed by atoms with Crippen molar-refractivity contribution in [3.05, 3.63) is 65.7 Å². The zero-order valence-corrected chi connectivity index (χ0v) is 15.2. The summed E-state index contributed by atoms with van der Waals surface area (Å²) >= 11 is 0. The lowest BCUT2D eigenvalue weighted by molar-refractivity contribution is -0.119. The summed E-state index contributed by atoms with van der Waals surface area (Å²) in [5, 5.41) is 6.63. The van der Waals surface area contributed by atoms with Gasteiger partial charge in [-0.25, -0.2) is 0 Å². The number of anilines is 1. The molecule has 1 saturated heterocycles. The van der Waals surface area contributed by atoms with Gasteiger partial charge in [-0.2, -0.15) is 0 Å². The van der Waals surface area contributed by atoms with E-state index in [4.69, 9.17) is 0 Å². The summed E-state index contributed by atoms with van der Waals surface area (Å²) < 4.78 is 0. The molecule has 1 fully saturated rings. The minimum absolute atomic E-state index is 0.229. The first-order chi connectivity index (χ1) is 12.8. The molecular weight excluding hydrogens is 324 g/mol. The summed E-state index contributed by atoms with van der Waals surface area (Å²) in [4.78, 5) is 18.2. The van der Waals surface area contributed by atoms with Crippen molar-refractivity contribution in [3.63, 3.8) is 0 Å². The van der Waals surface area contributed by atoms with Gasteiger partial charge in [-0.15, -0.1) is 0 Å². The quantitative estimate of drug-likeness (QED) is 0.644. The number of carbonyl (C=O) groups excluding carboxylic acids is 1. The molecule has 0 aliphatic carbocycles. The molecule has 0 bridgehead atoms. The van der Waals surface area contributed by atoms with Crippen molar-refractivity contribution in [2.45, 2.75) is 32.4 Å². The molecule has 1 aliphatic rings. The Labute approximate surface area is 155 Å². The van der Waals surface area contributed by atoms with Crippen LogP contribution in [-0.2, 0) is 17.9 Å². The maximum Gasteiger partial charge on any atom is 0.226 e. The Hall–Kier alpha value is -2.82. The molecule has 3 rings (SSSR count). The molecule has 1 amide bonds. The molecule has 2 N–H and O–H groups in total. The Morgan fingerprint density at radius 1 is 0.962 bits per heavy atom. The average Bonchev–Trinajstić information content (AvgIpc) is 2.70. The molecular formula is C21H26N4O. The number of hydrogen-bond donors (Lipinski definition) is 2. The molecule has 0 aromatic heterocycles. The van der Waals surface area contributed by atoms with Crippen molar-refractivity contribution in [3.8, 4) is 0 Å². The number of nitrogens with one attached hydrogen (secondary N) is 2. The zero-order chi connectivity index (χ0) is 18.2. The number of piperidine rings is 1. The van der Waals surface area contributed by atoms with Crippen molar-refractivity contribution in [2.75, 3.05) is 18.5 Å². The van der Waals surface area contributed by atoms with E-state index in [1.165, 1.54) is 5.56 Å². The number of aliphatic imine (C=N–C) groups is 1. The van der Waals surface area contributed by atoms with Crippen LogP contribution >= 0.6 is 0 Å². The first-order valence-electron chi connectivity index (χ1n) is 9.14. The highest BCUT2D eigenvalue weighted by atomic mass is 16.2. The van der Waals surface area contributed by atoms with E-state index in [1.807, 2.05) is 35.2 Å². The van der Waals surface area contributed by atoms with Gasteiger partial charge in [0.25, 0.3) is 0 Å². The largest absolute Gasteiger partial charge is 0.352 e. The minimum Gasteiger partial charge on any atom is -0.352 e. The number of nitrogens with zero attached hydrogens (tertiary/aromatic N) is 2. The van der Waals surface area contributed by atoms with Crippen LogP contribution in [0, 0.1) is 0 Å². The number of guanidine groups is 1. The molecule has 1 heterocycles. The van der Waals surface area contributed by atoms with Gasteiger partial charge >= 0.3 is 0 Å². The summed E-state index contributed by atoms with van der Waals surface area (Å²) in [6.45, 7) is 2.24. The average molecular weight is 350 g/mol. The molecule has 0 unspecified atom stereocenters. The van der Waals surface area contributed by atoms with Crippen LogP contribution in [0.15, 0.2) is 59.6 Å². The van der Waals surface area contributed by atoms with E-state index in [0.29, 0.717) is 13.0 Å². The Kier molecular flexibility index (Phi) is 6.25. The van der Waals surface area contributed by atoms with E-state index in [2.05, 4.69) is 39.9 Å². The van der Waals surface area contributed by atoms with Crippen molar-refractivity contribution in [2.24, 2.45) is 4.99 Å². The lowest BCUT2D eigenvalue weighted by Gasteiger charge is -2.26. The predicted octanol–water partition coefficient (Wildman–Crippen LogP) is 3.07. The second-order valence-corrected chi connectivity index (χ2v) is 6.43. The highest BCUT2D eigenvalue weighted by Crippen LogP contribution is 2.21. The lowest BCUT2D eigenvalue weighted by atomic mass is 10.1. The summed E-state index contributed by atoms with van der Waals surface area (Å²) in [6, 6.07) is 18.4. The van der Waals surface area contributed by atoms with Gasteiger partial charge < -0.3 is 15.5 Å². The van der Waals surface area contributed by atoms with Crippen LogP contribution < -0.4 is 15.5 Å². The van der Waals surface area contributed by atoms with Gasteiger partial charge in [-0.1, -0.05) is 42.5 Å². The molecule has 0 radical (unpaired) electrons. The number of rotatable bonds is 5. The number of carbonyl (C=O) groups is 1. The molecule has 26 heavy (non-hydrogen) atoms. The summed E-state index contributed by atoms with van der Waals surface area (Å²) in [7, 11) is 1.77. The molecule has 0 atom stereocenters. The molecule has 0 saturated carbocycles. The highest BCUT2D eigenvalue weighted by Gasteiger charge is 2.19. The van der Waals surface area contributed by atoms with Gasteiger partial charge in [0.05, 0.1) is 0 Å². The molecule has 1 aliphatic heterocycles. The smallest absolute Gasteiger partial charge is 0.226 e. The second-order valence-electron chi connectivity index (χ2n) is 6.43. The Morgan fingerprint density at radius 2 is 1.62 bits per heavy atom. The van der Waals surface area contributed by atoms with E-state index < -0.39 is 0 Å². The molecule has 2 aromatic carbocycles. The van der Waals surface area contributed by atoms with Crippen LogP contribution in [0.1, 0.15) is 30.4 Å². The zero-order valence-electron chi connectivity index (χ0n) is 15.2. The predicted molar refractivity (Wildman–Crippen MR) is 106 cm³/mol. The highest BCUT2D eigenvalue weighted by molar-refractivity contribution is 5.93. The SMILES string of the molecule is CN=C(NCc1ccccc1)NCc1ccc(N2CCCCC2=O)cc1. The number of hydrogen-bond acceptors (Lipinski definition) is 2. The van der Waals surface area contributed by atoms with Gasteiger partial charge in [0.2, 0.25) is 5.91 Å². The third-order valence-corrected chi connectivity index (χ3v) is 4.56. The van der Waals surface area contributed by atoms with Crippen molar-refractivity contribution in [1.82, 2.24) is 10.6 Å². The van der Waals surface area contributed by atoms with E-state index in [1.54, 1.807) is 7.05 Å². The van der Waals surface area contributed by atoms with Crippen molar-refractivity contribution >= 4 is 17.6 Å². The molecule has 136 valence electrons. The van der Waals surface area contributed by atoms with Crippen LogP contribution in [0.5, 0.6) is 0 Å². The summed E-state index contributed by atoms with van der Waals surface area (Å²) in [5.41, 5.74) is 3.36. The summed E-state index contributed by atoms with van der Waals surface area (Å²) in [5.74, 6) is 0.997. The molecule has 5 heteroatoms. The van der Waals surface area contributed by atoms with Crippen molar-refractivity contribution < 1.29 is 4.79 Å². The Balaban J connectivity index is 1.51. The Bertz CT molecular complexity index is 740. The van der Waals surface area contributed by atoms with Crippen LogP contribution in [0.4, 0.5) is 5.69 Å². The normalized spacial score (nSPS) is 15.0. The van der Waals surface area contributed by atoms with Crippen LogP contribution in [0.25, 0.3) is 0 Å². The van der Waals surface area contributed by atoms with E-state index in [0.717, 1.165) is 43.1 Å². The van der Waals surface area contributed by atoms with E-state index >= 15 is 0 Å². The number of benzene rings is 2. The van der Waals surface area contributed by atoms with Gasteiger partial charge in [0.15, 0.2) is 5.96 Å². The monoisotopic (exact) mass is 350 g/mol. The second kappa shape index (κ2) is 9.04. The minimum atomic E-state index is 0.229. The van der Waals surface area contributed by atoms with Gasteiger partial charge in [0, 0.05) is 38.8 Å². The van der Waals surface area contributed by atoms with E-state index in [-0.39, 0.29) is 5.91 Å². The van der Waals surface area contributed by atoms with Crippen LogP contribution in [0.3, 0.4) is 0 Å². The fourth-order valence-corrected chi connectivity index (χ4v) is 3.06. The first kappa shape index (κ1) is 18.0. The third kappa shape index (κ3) is 4.85. The van der Waals surface area contributed by atoms with Gasteiger partial charge in [-0.05, 0) is 36.1 Å². The third-order valence-electron chi connectivity index (χ3n) is 4.56. The first-order valence-corrected chi connectivity index (χ1v) is 9.14. The number of amides is 1. The van der Waals surface area contributed by atoms with Crippen LogP contribution in [-0.4, -0.2) is 25.5 Å². The Morgan fingerprint density at radius 3 is 2.23 bits per heavy atom. The molecule has 0 spiro atoms. The fourth-order valence-electron chi connectivity index (χ4n) is 3.06. The van der Waals surface area contributed by atoms with Gasteiger partial charge in [-0.3, -0.25) is 9.79 Å².